The summed E-state index contributed by atoms with van der Waals surface area (Å²) in [6.45, 7) is 6.39. The molecule has 0 aromatic carbocycles. The third-order valence-corrected chi connectivity index (χ3v) is 2.89. The van der Waals surface area contributed by atoms with E-state index in [0.717, 1.165) is 36.6 Å². The van der Waals surface area contributed by atoms with Crippen LogP contribution in [0.1, 0.15) is 12.7 Å². The van der Waals surface area contributed by atoms with Crippen LogP contribution in [0.2, 0.25) is 0 Å². The number of rotatable bonds is 2. The second kappa shape index (κ2) is 4.47. The highest BCUT2D eigenvalue weighted by molar-refractivity contribution is 9.10. The Balaban J connectivity index is 1.90. The number of furan rings is 1. The zero-order chi connectivity index (χ0) is 9.97. The largest absolute Gasteiger partial charge is 0.453 e. The third kappa shape index (κ3) is 2.59. The topological polar surface area (TPSA) is 28.4 Å². The van der Waals surface area contributed by atoms with Crippen LogP contribution in [-0.4, -0.2) is 30.6 Å². The number of hydrogen-bond acceptors (Lipinski definition) is 3. The van der Waals surface area contributed by atoms with Gasteiger partial charge >= 0.3 is 0 Å². The zero-order valence-corrected chi connectivity index (χ0v) is 9.88. The molecule has 1 saturated heterocycles. The van der Waals surface area contributed by atoms with Crippen molar-refractivity contribution >= 4 is 15.9 Å². The first kappa shape index (κ1) is 10.2. The Bertz CT molecular complexity index is 300. The molecule has 0 bridgehead atoms. The number of halogens is 1. The highest BCUT2D eigenvalue weighted by Gasteiger charge is 2.16. The maximum absolute atomic E-state index is 5.48. The Morgan fingerprint density at radius 3 is 3.14 bits per heavy atom. The van der Waals surface area contributed by atoms with Gasteiger partial charge in [-0.1, -0.05) is 0 Å². The lowest BCUT2D eigenvalue weighted by Gasteiger charge is -2.30. The Kier molecular flexibility index (Phi) is 3.26. The first-order valence-corrected chi connectivity index (χ1v) is 5.73. The summed E-state index contributed by atoms with van der Waals surface area (Å²) in [5.74, 6) is 1.03. The fourth-order valence-electron chi connectivity index (χ4n) is 1.81. The highest BCUT2D eigenvalue weighted by Crippen LogP contribution is 2.16. The SMILES string of the molecule is C[C@H]1CN(Cc2ccc(Br)o2)CCN1. The molecule has 0 spiro atoms. The van der Waals surface area contributed by atoms with Crippen molar-refractivity contribution in [3.63, 3.8) is 0 Å². The van der Waals surface area contributed by atoms with Gasteiger partial charge in [-0.15, -0.1) is 0 Å². The van der Waals surface area contributed by atoms with Crippen molar-refractivity contribution in [3.8, 4) is 0 Å². The predicted molar refractivity (Wildman–Crippen MR) is 59.1 cm³/mol. The van der Waals surface area contributed by atoms with E-state index in [-0.39, 0.29) is 0 Å². The molecule has 0 unspecified atom stereocenters. The van der Waals surface area contributed by atoms with Gasteiger partial charge in [0.15, 0.2) is 4.67 Å². The van der Waals surface area contributed by atoms with Gasteiger partial charge in [-0.25, -0.2) is 0 Å². The second-order valence-corrected chi connectivity index (χ2v) is 4.58. The van der Waals surface area contributed by atoms with E-state index < -0.39 is 0 Å². The molecule has 0 amide bonds. The molecule has 2 rings (SSSR count). The molecule has 4 heteroatoms. The monoisotopic (exact) mass is 258 g/mol. The molecule has 0 saturated carbocycles. The van der Waals surface area contributed by atoms with Crippen LogP contribution in [0, 0.1) is 0 Å². The molecule has 0 aliphatic carbocycles. The van der Waals surface area contributed by atoms with Crippen LogP contribution in [0.4, 0.5) is 0 Å². The maximum atomic E-state index is 5.48. The average molecular weight is 259 g/mol. The first-order valence-electron chi connectivity index (χ1n) is 4.94. The van der Waals surface area contributed by atoms with E-state index in [1.807, 2.05) is 12.1 Å². The summed E-state index contributed by atoms with van der Waals surface area (Å²) < 4.78 is 6.29. The van der Waals surface area contributed by atoms with Gasteiger partial charge in [0.25, 0.3) is 0 Å². The minimum Gasteiger partial charge on any atom is -0.453 e. The lowest BCUT2D eigenvalue weighted by Crippen LogP contribution is -2.48. The Morgan fingerprint density at radius 1 is 1.64 bits per heavy atom. The molecule has 1 aliphatic rings. The number of piperazine rings is 1. The van der Waals surface area contributed by atoms with Crippen molar-refractivity contribution in [2.45, 2.75) is 19.5 Å². The van der Waals surface area contributed by atoms with Gasteiger partial charge < -0.3 is 9.73 Å². The van der Waals surface area contributed by atoms with E-state index in [4.69, 9.17) is 4.42 Å². The molecule has 1 aromatic rings. The first-order chi connectivity index (χ1) is 6.74. The van der Waals surface area contributed by atoms with Gasteiger partial charge in [-0.2, -0.15) is 0 Å². The van der Waals surface area contributed by atoms with Crippen molar-refractivity contribution in [2.75, 3.05) is 19.6 Å². The third-order valence-electron chi connectivity index (χ3n) is 2.46. The zero-order valence-electron chi connectivity index (χ0n) is 8.29. The summed E-state index contributed by atoms with van der Waals surface area (Å²) >= 11 is 3.31. The maximum Gasteiger partial charge on any atom is 0.169 e. The van der Waals surface area contributed by atoms with E-state index in [1.54, 1.807) is 0 Å². The molecule has 2 heterocycles. The molecule has 14 heavy (non-hydrogen) atoms. The lowest BCUT2D eigenvalue weighted by atomic mass is 10.2. The Morgan fingerprint density at radius 2 is 2.50 bits per heavy atom. The Labute approximate surface area is 92.6 Å². The van der Waals surface area contributed by atoms with Crippen molar-refractivity contribution in [1.29, 1.82) is 0 Å². The van der Waals surface area contributed by atoms with Crippen molar-refractivity contribution in [2.24, 2.45) is 0 Å². The van der Waals surface area contributed by atoms with Crippen LogP contribution in [0.25, 0.3) is 0 Å². The van der Waals surface area contributed by atoms with Gasteiger partial charge in [-0.3, -0.25) is 4.90 Å². The van der Waals surface area contributed by atoms with Crippen LogP contribution in [-0.2, 0) is 6.54 Å². The molecule has 0 radical (unpaired) electrons. The molecular formula is C10H15BrN2O. The molecule has 1 fully saturated rings. The molecule has 1 atom stereocenters. The van der Waals surface area contributed by atoms with Gasteiger partial charge in [0.05, 0.1) is 6.54 Å². The standard InChI is InChI=1S/C10H15BrN2O/c1-8-6-13(5-4-12-8)7-9-2-3-10(11)14-9/h2-3,8,12H,4-7H2,1H3/t8-/m0/s1. The van der Waals surface area contributed by atoms with E-state index in [9.17, 15) is 0 Å². The number of hydrogen-bond donors (Lipinski definition) is 1. The summed E-state index contributed by atoms with van der Waals surface area (Å²) in [6, 6.07) is 4.56. The smallest absolute Gasteiger partial charge is 0.169 e. The van der Waals surface area contributed by atoms with Crippen molar-refractivity contribution in [1.82, 2.24) is 10.2 Å². The fraction of sp³-hybridized carbons (Fsp3) is 0.600. The number of nitrogens with zero attached hydrogens (tertiary/aromatic N) is 1. The van der Waals surface area contributed by atoms with Crippen LogP contribution in [0.5, 0.6) is 0 Å². The van der Waals surface area contributed by atoms with Crippen LogP contribution in [0.15, 0.2) is 21.2 Å². The molecule has 1 aliphatic heterocycles. The normalized spacial score (nSPS) is 24.0. The summed E-state index contributed by atoms with van der Waals surface area (Å²) in [6.07, 6.45) is 0. The Hall–Kier alpha value is -0.320. The summed E-state index contributed by atoms with van der Waals surface area (Å²) in [5.41, 5.74) is 0. The van der Waals surface area contributed by atoms with Gasteiger partial charge in [0.2, 0.25) is 0 Å². The van der Waals surface area contributed by atoms with Crippen LogP contribution >= 0.6 is 15.9 Å². The van der Waals surface area contributed by atoms with Crippen molar-refractivity contribution in [3.05, 3.63) is 22.6 Å². The minimum absolute atomic E-state index is 0.585. The van der Waals surface area contributed by atoms with Gasteiger partial charge in [-0.05, 0) is 35.0 Å². The highest BCUT2D eigenvalue weighted by atomic mass is 79.9. The second-order valence-electron chi connectivity index (χ2n) is 3.80. The van der Waals surface area contributed by atoms with E-state index in [1.165, 1.54) is 0 Å². The van der Waals surface area contributed by atoms with E-state index in [0.29, 0.717) is 6.04 Å². The van der Waals surface area contributed by atoms with Crippen molar-refractivity contribution < 1.29 is 4.42 Å². The molecule has 78 valence electrons. The molecule has 1 N–H and O–H groups in total. The predicted octanol–water partition coefficient (Wildman–Crippen LogP) is 1.84. The summed E-state index contributed by atoms with van der Waals surface area (Å²) in [7, 11) is 0. The van der Waals surface area contributed by atoms with E-state index in [2.05, 4.69) is 33.1 Å². The molecule has 1 aromatic heterocycles. The van der Waals surface area contributed by atoms with Gasteiger partial charge in [0.1, 0.15) is 5.76 Å². The summed E-state index contributed by atoms with van der Waals surface area (Å²) in [5, 5.41) is 3.42. The molecule has 3 nitrogen and oxygen atoms in total. The quantitative estimate of drug-likeness (QED) is 0.878. The van der Waals surface area contributed by atoms with Gasteiger partial charge in [0, 0.05) is 25.7 Å². The van der Waals surface area contributed by atoms with Crippen LogP contribution < -0.4 is 5.32 Å². The minimum atomic E-state index is 0.585. The average Bonchev–Trinajstić information content (AvgIpc) is 2.51. The lowest BCUT2D eigenvalue weighted by molar-refractivity contribution is 0.186. The van der Waals surface area contributed by atoms with E-state index >= 15 is 0 Å². The van der Waals surface area contributed by atoms with Crippen LogP contribution in [0.3, 0.4) is 0 Å². The summed E-state index contributed by atoms with van der Waals surface area (Å²) in [4.78, 5) is 2.41. The number of nitrogens with one attached hydrogen (secondary N) is 1. The molecular weight excluding hydrogens is 244 g/mol. The fourth-order valence-corrected chi connectivity index (χ4v) is 2.15.